The lowest BCUT2D eigenvalue weighted by Gasteiger charge is -2.18. The summed E-state index contributed by atoms with van der Waals surface area (Å²) in [6, 6.07) is 11.1. The fourth-order valence-corrected chi connectivity index (χ4v) is 5.23. The molecule has 0 aromatic heterocycles. The zero-order valence-corrected chi connectivity index (χ0v) is 16.7. The molecule has 0 atom stereocenters. The molecule has 1 fully saturated rings. The van der Waals surface area contributed by atoms with Crippen LogP contribution in [0.2, 0.25) is 5.02 Å². The number of aryl methyl sites for hydroxylation is 1. The molecule has 1 aliphatic rings. The van der Waals surface area contributed by atoms with Gasteiger partial charge in [0.2, 0.25) is 15.9 Å². The molecule has 6 nitrogen and oxygen atoms in total. The lowest BCUT2D eigenvalue weighted by atomic mass is 9.95. The number of hydrogen-bond donors (Lipinski definition) is 1. The van der Waals surface area contributed by atoms with Gasteiger partial charge in [-0.1, -0.05) is 23.7 Å². The number of anilines is 2. The highest BCUT2D eigenvalue weighted by Crippen LogP contribution is 2.36. The summed E-state index contributed by atoms with van der Waals surface area (Å²) in [6.07, 6.45) is 0. The molecule has 142 valence electrons. The molecule has 0 saturated carbocycles. The average Bonchev–Trinajstić information content (AvgIpc) is 2.74. The van der Waals surface area contributed by atoms with Crippen molar-refractivity contribution in [3.8, 4) is 0 Å². The van der Waals surface area contributed by atoms with Gasteiger partial charge in [-0.25, -0.2) is 12.7 Å². The lowest BCUT2D eigenvalue weighted by molar-refractivity contribution is -0.123. The van der Waals surface area contributed by atoms with Crippen molar-refractivity contribution >= 4 is 44.8 Å². The maximum atomic E-state index is 12.6. The molecule has 1 saturated heterocycles. The Labute approximate surface area is 163 Å². The van der Waals surface area contributed by atoms with Crippen molar-refractivity contribution in [1.82, 2.24) is 0 Å². The van der Waals surface area contributed by atoms with Crippen LogP contribution < -0.4 is 9.62 Å². The van der Waals surface area contributed by atoms with E-state index in [1.54, 1.807) is 44.2 Å². The third-order valence-electron chi connectivity index (χ3n) is 4.38. The molecule has 3 rings (SSSR count). The Bertz CT molecular complexity index is 1050. The van der Waals surface area contributed by atoms with Crippen molar-refractivity contribution in [2.45, 2.75) is 20.8 Å². The van der Waals surface area contributed by atoms with E-state index in [1.807, 2.05) is 6.92 Å². The topological polar surface area (TPSA) is 83.6 Å². The van der Waals surface area contributed by atoms with E-state index in [0.29, 0.717) is 10.7 Å². The first-order chi connectivity index (χ1) is 12.5. The summed E-state index contributed by atoms with van der Waals surface area (Å²) in [5, 5.41) is 3.24. The predicted molar refractivity (Wildman–Crippen MR) is 106 cm³/mol. The van der Waals surface area contributed by atoms with Crippen molar-refractivity contribution in [3.63, 3.8) is 0 Å². The summed E-state index contributed by atoms with van der Waals surface area (Å²) in [6.45, 7) is 5.01. The second kappa shape index (κ2) is 6.65. The summed E-state index contributed by atoms with van der Waals surface area (Å²) in [7, 11) is -3.78. The fraction of sp³-hybridized carbons (Fsp3) is 0.263. The van der Waals surface area contributed by atoms with Gasteiger partial charge in [0.15, 0.2) is 0 Å². The lowest BCUT2D eigenvalue weighted by Crippen LogP contribution is -2.33. The summed E-state index contributed by atoms with van der Waals surface area (Å²) in [5.74, 6) is -1.20. The predicted octanol–water partition coefficient (Wildman–Crippen LogP) is 3.60. The van der Waals surface area contributed by atoms with Gasteiger partial charge < -0.3 is 5.32 Å². The number of benzene rings is 2. The smallest absolute Gasteiger partial charge is 0.255 e. The van der Waals surface area contributed by atoms with E-state index < -0.39 is 27.3 Å². The van der Waals surface area contributed by atoms with Crippen LogP contribution in [-0.2, 0) is 14.8 Å². The van der Waals surface area contributed by atoms with Crippen molar-refractivity contribution in [2.24, 2.45) is 5.41 Å². The number of nitrogens with one attached hydrogen (secondary N) is 1. The first-order valence-electron chi connectivity index (χ1n) is 8.26. The van der Waals surface area contributed by atoms with E-state index >= 15 is 0 Å². The number of rotatable bonds is 3. The Hall–Kier alpha value is -2.38. The van der Waals surface area contributed by atoms with Crippen molar-refractivity contribution < 1.29 is 18.0 Å². The van der Waals surface area contributed by atoms with E-state index in [-0.39, 0.29) is 17.0 Å². The van der Waals surface area contributed by atoms with Gasteiger partial charge in [0, 0.05) is 16.3 Å². The normalized spacial score (nSPS) is 17.8. The van der Waals surface area contributed by atoms with E-state index in [2.05, 4.69) is 5.32 Å². The van der Waals surface area contributed by atoms with Crippen LogP contribution >= 0.6 is 11.6 Å². The van der Waals surface area contributed by atoms with Gasteiger partial charge >= 0.3 is 0 Å². The summed E-state index contributed by atoms with van der Waals surface area (Å²) in [4.78, 5) is 25.1. The molecule has 1 heterocycles. The number of hydrogen-bond acceptors (Lipinski definition) is 4. The number of sulfonamides is 1. The zero-order valence-electron chi connectivity index (χ0n) is 15.1. The standard InChI is InChI=1S/C19H19ClN2O4S/c1-12-7-8-14(20)10-16(12)21-17(23)13-5-4-6-15(9-13)22-18(24)19(2,3)11-27(22,25)26/h4-10H,11H2,1-3H3,(H,21,23). The first-order valence-corrected chi connectivity index (χ1v) is 10.2. The van der Waals surface area contributed by atoms with Crippen molar-refractivity contribution in [1.29, 1.82) is 0 Å². The number of nitrogens with zero attached hydrogens (tertiary/aromatic N) is 1. The van der Waals surface area contributed by atoms with Crippen LogP contribution in [0.4, 0.5) is 11.4 Å². The summed E-state index contributed by atoms with van der Waals surface area (Å²) >= 11 is 5.97. The summed E-state index contributed by atoms with van der Waals surface area (Å²) in [5.41, 5.74) is 0.780. The van der Waals surface area contributed by atoms with Crippen LogP contribution in [-0.4, -0.2) is 26.0 Å². The highest BCUT2D eigenvalue weighted by Gasteiger charge is 2.49. The monoisotopic (exact) mass is 406 g/mol. The van der Waals surface area contributed by atoms with Gasteiger partial charge in [0.25, 0.3) is 5.91 Å². The number of halogens is 1. The largest absolute Gasteiger partial charge is 0.322 e. The van der Waals surface area contributed by atoms with Crippen LogP contribution in [0.25, 0.3) is 0 Å². The number of carbonyl (C=O) groups is 2. The molecule has 1 aliphatic heterocycles. The van der Waals surface area contributed by atoms with Crippen LogP contribution in [0.15, 0.2) is 42.5 Å². The van der Waals surface area contributed by atoms with E-state index in [4.69, 9.17) is 11.6 Å². The van der Waals surface area contributed by atoms with E-state index in [0.717, 1.165) is 9.87 Å². The molecule has 0 radical (unpaired) electrons. The van der Waals surface area contributed by atoms with Gasteiger partial charge in [-0.3, -0.25) is 9.59 Å². The average molecular weight is 407 g/mol. The number of amides is 2. The number of carbonyl (C=O) groups excluding carboxylic acids is 2. The zero-order chi connectivity index (χ0) is 20.0. The molecule has 2 aromatic carbocycles. The van der Waals surface area contributed by atoms with Crippen LogP contribution in [0.3, 0.4) is 0 Å². The molecule has 1 N–H and O–H groups in total. The van der Waals surface area contributed by atoms with Gasteiger partial charge in [-0.2, -0.15) is 0 Å². The Morgan fingerprint density at radius 3 is 2.52 bits per heavy atom. The maximum Gasteiger partial charge on any atom is 0.255 e. The summed E-state index contributed by atoms with van der Waals surface area (Å²) < 4.78 is 25.7. The third-order valence-corrected chi connectivity index (χ3v) is 6.63. The molecule has 0 aliphatic carbocycles. The molecule has 2 aromatic rings. The van der Waals surface area contributed by atoms with E-state index in [9.17, 15) is 18.0 Å². The van der Waals surface area contributed by atoms with Crippen LogP contribution in [0.5, 0.6) is 0 Å². The Morgan fingerprint density at radius 1 is 1.19 bits per heavy atom. The highest BCUT2D eigenvalue weighted by atomic mass is 35.5. The van der Waals surface area contributed by atoms with Crippen LogP contribution in [0, 0.1) is 12.3 Å². The molecule has 0 spiro atoms. The Morgan fingerprint density at radius 2 is 1.89 bits per heavy atom. The molecule has 27 heavy (non-hydrogen) atoms. The van der Waals surface area contributed by atoms with Gasteiger partial charge in [0.1, 0.15) is 0 Å². The molecular weight excluding hydrogens is 388 g/mol. The molecule has 2 amide bonds. The second-order valence-electron chi connectivity index (χ2n) is 7.17. The van der Waals surface area contributed by atoms with Crippen molar-refractivity contribution in [2.75, 3.05) is 15.4 Å². The van der Waals surface area contributed by atoms with E-state index in [1.165, 1.54) is 12.1 Å². The Balaban J connectivity index is 1.93. The highest BCUT2D eigenvalue weighted by molar-refractivity contribution is 7.94. The minimum atomic E-state index is -3.78. The van der Waals surface area contributed by atoms with Gasteiger partial charge in [0.05, 0.1) is 16.9 Å². The molecule has 8 heteroatoms. The minimum absolute atomic E-state index is 0.154. The SMILES string of the molecule is Cc1ccc(Cl)cc1NC(=O)c1cccc(N2C(=O)C(C)(C)CS2(=O)=O)c1. The maximum absolute atomic E-state index is 12.6. The van der Waals surface area contributed by atoms with Gasteiger partial charge in [-0.15, -0.1) is 0 Å². The van der Waals surface area contributed by atoms with Gasteiger partial charge in [-0.05, 0) is 56.7 Å². The minimum Gasteiger partial charge on any atom is -0.322 e. The second-order valence-corrected chi connectivity index (χ2v) is 9.43. The molecule has 0 bridgehead atoms. The van der Waals surface area contributed by atoms with Crippen molar-refractivity contribution in [3.05, 3.63) is 58.6 Å². The molecule has 0 unspecified atom stereocenters. The fourth-order valence-electron chi connectivity index (χ4n) is 2.96. The first kappa shape index (κ1) is 19.4. The third kappa shape index (κ3) is 3.70. The van der Waals surface area contributed by atoms with Crippen LogP contribution in [0.1, 0.15) is 29.8 Å². The molecular formula is C19H19ClN2O4S. The quantitative estimate of drug-likeness (QED) is 0.844. The Kier molecular flexibility index (Phi) is 4.78.